The molecule has 0 aromatic carbocycles. The number of hydrogen-bond donors (Lipinski definition) is 1. The molecule has 0 aromatic rings. The molecule has 1 heterocycles. The predicted octanol–water partition coefficient (Wildman–Crippen LogP) is 2.57. The van der Waals surface area contributed by atoms with Crippen LogP contribution in [0.1, 0.15) is 59.3 Å². The number of nitrogens with zero attached hydrogens (tertiary/aromatic N) is 1. The highest BCUT2D eigenvalue weighted by molar-refractivity contribution is 5.80. The quantitative estimate of drug-likeness (QED) is 0.733. The van der Waals surface area contributed by atoms with E-state index in [0.29, 0.717) is 11.5 Å². The Morgan fingerprint density at radius 2 is 1.86 bits per heavy atom. The monoisotopic (exact) mass is 296 g/mol. The lowest BCUT2D eigenvalue weighted by molar-refractivity contribution is -0.149. The Bertz CT molecular complexity index is 354. The molecule has 1 atom stereocenters. The van der Waals surface area contributed by atoms with Gasteiger partial charge >= 0.3 is 5.97 Å². The van der Waals surface area contributed by atoms with Gasteiger partial charge in [0.25, 0.3) is 0 Å². The fraction of sp³-hybridized carbons (Fsp3) is 0.941. The standard InChI is InChI=1S/C17H32N2O2/c1-5-17(6-2)9-11-19(12-10-17)13-16(3,15(20)21-4)18-14-7-8-14/h14,18H,5-13H2,1-4H3. The fourth-order valence-electron chi connectivity index (χ4n) is 3.66. The normalized spacial score (nSPS) is 25.3. The van der Waals surface area contributed by atoms with Crippen molar-refractivity contribution in [3.05, 3.63) is 0 Å². The first-order chi connectivity index (χ1) is 9.97. The second-order valence-electron chi connectivity index (χ2n) is 7.23. The molecule has 0 bridgehead atoms. The van der Waals surface area contributed by atoms with Crippen molar-refractivity contribution in [2.24, 2.45) is 5.41 Å². The van der Waals surface area contributed by atoms with Crippen molar-refractivity contribution in [1.82, 2.24) is 10.2 Å². The van der Waals surface area contributed by atoms with Gasteiger partial charge in [0.15, 0.2) is 0 Å². The highest BCUT2D eigenvalue weighted by Crippen LogP contribution is 2.38. The number of nitrogens with one attached hydrogen (secondary N) is 1. The summed E-state index contributed by atoms with van der Waals surface area (Å²) in [6.07, 6.45) is 7.40. The highest BCUT2D eigenvalue weighted by atomic mass is 16.5. The number of rotatable bonds is 7. The van der Waals surface area contributed by atoms with Crippen LogP contribution in [0.4, 0.5) is 0 Å². The van der Waals surface area contributed by atoms with Crippen LogP contribution < -0.4 is 5.32 Å². The molecule has 122 valence electrons. The Kier molecular flexibility index (Phi) is 5.31. The molecule has 1 saturated carbocycles. The first-order valence-electron chi connectivity index (χ1n) is 8.55. The third-order valence-electron chi connectivity index (χ3n) is 5.69. The molecular formula is C17H32N2O2. The second-order valence-corrected chi connectivity index (χ2v) is 7.23. The van der Waals surface area contributed by atoms with Gasteiger partial charge in [-0.15, -0.1) is 0 Å². The number of ether oxygens (including phenoxy) is 1. The summed E-state index contributed by atoms with van der Waals surface area (Å²) in [7, 11) is 1.49. The molecule has 1 aliphatic heterocycles. The topological polar surface area (TPSA) is 41.6 Å². The van der Waals surface area contributed by atoms with Gasteiger partial charge in [0.2, 0.25) is 0 Å². The van der Waals surface area contributed by atoms with Crippen molar-refractivity contribution in [1.29, 1.82) is 0 Å². The van der Waals surface area contributed by atoms with Crippen LogP contribution in [0, 0.1) is 5.41 Å². The van der Waals surface area contributed by atoms with Gasteiger partial charge in [-0.3, -0.25) is 10.1 Å². The van der Waals surface area contributed by atoms with Gasteiger partial charge < -0.3 is 9.64 Å². The first-order valence-corrected chi connectivity index (χ1v) is 8.55. The molecule has 0 spiro atoms. The molecule has 0 radical (unpaired) electrons. The SMILES string of the molecule is CCC1(CC)CCN(CC(C)(NC2CC2)C(=O)OC)CC1. The Labute approximate surface area is 129 Å². The van der Waals surface area contributed by atoms with Crippen LogP contribution in [-0.4, -0.2) is 49.2 Å². The van der Waals surface area contributed by atoms with E-state index in [2.05, 4.69) is 24.1 Å². The zero-order valence-corrected chi connectivity index (χ0v) is 14.2. The third-order valence-corrected chi connectivity index (χ3v) is 5.69. The number of carbonyl (C=O) groups is 1. The number of piperidine rings is 1. The van der Waals surface area contributed by atoms with Gasteiger partial charge in [0.05, 0.1) is 7.11 Å². The van der Waals surface area contributed by atoms with Crippen LogP contribution in [0.5, 0.6) is 0 Å². The summed E-state index contributed by atoms with van der Waals surface area (Å²) < 4.78 is 5.04. The van der Waals surface area contributed by atoms with E-state index in [9.17, 15) is 4.79 Å². The first kappa shape index (κ1) is 16.8. The number of hydrogen-bond acceptors (Lipinski definition) is 4. The molecule has 0 aromatic heterocycles. The van der Waals surface area contributed by atoms with Gasteiger partial charge in [-0.05, 0) is 51.1 Å². The second kappa shape index (κ2) is 6.66. The van der Waals surface area contributed by atoms with Gasteiger partial charge in [0.1, 0.15) is 5.54 Å². The largest absolute Gasteiger partial charge is 0.468 e. The van der Waals surface area contributed by atoms with Crippen LogP contribution in [-0.2, 0) is 9.53 Å². The molecule has 1 unspecified atom stereocenters. The lowest BCUT2D eigenvalue weighted by Gasteiger charge is -2.43. The smallest absolute Gasteiger partial charge is 0.327 e. The van der Waals surface area contributed by atoms with E-state index in [4.69, 9.17) is 4.74 Å². The summed E-state index contributed by atoms with van der Waals surface area (Å²) in [5, 5.41) is 3.50. The predicted molar refractivity (Wildman–Crippen MR) is 85.3 cm³/mol. The molecule has 0 amide bonds. The molecule has 1 aliphatic carbocycles. The minimum Gasteiger partial charge on any atom is -0.468 e. The van der Waals surface area contributed by atoms with Crippen molar-refractivity contribution in [2.75, 3.05) is 26.7 Å². The summed E-state index contributed by atoms with van der Waals surface area (Å²) in [6.45, 7) is 9.58. The highest BCUT2D eigenvalue weighted by Gasteiger charge is 2.42. The van der Waals surface area contributed by atoms with E-state index in [0.717, 1.165) is 19.6 Å². The average Bonchev–Trinajstić information content (AvgIpc) is 3.31. The summed E-state index contributed by atoms with van der Waals surface area (Å²) in [5.74, 6) is -0.128. The molecule has 4 heteroatoms. The van der Waals surface area contributed by atoms with Crippen molar-refractivity contribution < 1.29 is 9.53 Å². The number of carbonyl (C=O) groups excluding carboxylic acids is 1. The zero-order valence-electron chi connectivity index (χ0n) is 14.2. The van der Waals surface area contributed by atoms with Crippen LogP contribution >= 0.6 is 0 Å². The molecule has 1 saturated heterocycles. The molecule has 2 rings (SSSR count). The van der Waals surface area contributed by atoms with Crippen molar-refractivity contribution >= 4 is 5.97 Å². The molecule has 21 heavy (non-hydrogen) atoms. The molecular weight excluding hydrogens is 264 g/mol. The maximum Gasteiger partial charge on any atom is 0.327 e. The molecule has 2 fully saturated rings. The fourth-order valence-corrected chi connectivity index (χ4v) is 3.66. The van der Waals surface area contributed by atoms with E-state index in [1.807, 2.05) is 6.92 Å². The van der Waals surface area contributed by atoms with E-state index >= 15 is 0 Å². The zero-order chi connectivity index (χ0) is 15.5. The van der Waals surface area contributed by atoms with Gasteiger partial charge in [-0.25, -0.2) is 0 Å². The van der Waals surface area contributed by atoms with E-state index < -0.39 is 5.54 Å². The summed E-state index contributed by atoms with van der Waals surface area (Å²) in [5.41, 5.74) is -0.0313. The van der Waals surface area contributed by atoms with Crippen LogP contribution in [0.25, 0.3) is 0 Å². The summed E-state index contributed by atoms with van der Waals surface area (Å²) in [6, 6.07) is 0.504. The lowest BCUT2D eigenvalue weighted by atomic mass is 9.74. The maximum atomic E-state index is 12.2. The van der Waals surface area contributed by atoms with Crippen molar-refractivity contribution in [2.45, 2.75) is 70.9 Å². The summed E-state index contributed by atoms with van der Waals surface area (Å²) in [4.78, 5) is 14.6. The van der Waals surface area contributed by atoms with Gasteiger partial charge in [-0.1, -0.05) is 26.7 Å². The molecule has 4 nitrogen and oxygen atoms in total. The Hall–Kier alpha value is -0.610. The Morgan fingerprint density at radius 3 is 2.29 bits per heavy atom. The molecule has 2 aliphatic rings. The Morgan fingerprint density at radius 1 is 1.29 bits per heavy atom. The number of esters is 1. The van der Waals surface area contributed by atoms with Crippen LogP contribution in [0.3, 0.4) is 0 Å². The number of methoxy groups -OCH3 is 1. The van der Waals surface area contributed by atoms with Crippen LogP contribution in [0.15, 0.2) is 0 Å². The Balaban J connectivity index is 1.93. The molecule has 1 N–H and O–H groups in total. The third kappa shape index (κ3) is 3.98. The van der Waals surface area contributed by atoms with E-state index in [1.54, 1.807) is 0 Å². The van der Waals surface area contributed by atoms with Crippen LogP contribution in [0.2, 0.25) is 0 Å². The van der Waals surface area contributed by atoms with Gasteiger partial charge in [0, 0.05) is 12.6 Å². The number of likely N-dealkylation sites (tertiary alicyclic amines) is 1. The van der Waals surface area contributed by atoms with Gasteiger partial charge in [-0.2, -0.15) is 0 Å². The van der Waals surface area contributed by atoms with Crippen molar-refractivity contribution in [3.8, 4) is 0 Å². The average molecular weight is 296 g/mol. The maximum absolute atomic E-state index is 12.2. The van der Waals surface area contributed by atoms with E-state index in [-0.39, 0.29) is 5.97 Å². The summed E-state index contributed by atoms with van der Waals surface area (Å²) >= 11 is 0. The van der Waals surface area contributed by atoms with Crippen molar-refractivity contribution in [3.63, 3.8) is 0 Å². The minimum absolute atomic E-state index is 0.128. The minimum atomic E-state index is -0.561. The lowest BCUT2D eigenvalue weighted by Crippen LogP contribution is -2.59. The van der Waals surface area contributed by atoms with E-state index in [1.165, 1.54) is 45.6 Å².